The number of aliphatic hydroxyl groups is 1. The van der Waals surface area contributed by atoms with Crippen LogP contribution in [0.3, 0.4) is 0 Å². The molecule has 3 aliphatic rings. The first-order valence-corrected chi connectivity index (χ1v) is 26.7. The molecule has 0 spiro atoms. The first-order valence-electron chi connectivity index (χ1n) is 25.7. The highest BCUT2D eigenvalue weighted by atomic mass is 32.2. The molecule has 2 aromatic carbocycles. The third-order valence-corrected chi connectivity index (χ3v) is 14.0. The quantitative estimate of drug-likeness (QED) is 0.0199. The maximum Gasteiger partial charge on any atom is 0.315 e. The Bertz CT molecular complexity index is 2020. The summed E-state index contributed by atoms with van der Waals surface area (Å²) in [6, 6.07) is 12.3. The third-order valence-electron chi connectivity index (χ3n) is 12.5. The van der Waals surface area contributed by atoms with Gasteiger partial charge in [-0.2, -0.15) is 16.9 Å². The van der Waals surface area contributed by atoms with Gasteiger partial charge in [-0.1, -0.05) is 58.9 Å². The number of aliphatic hydroxyl groups excluding tert-OH is 1. The molecule has 4 atom stereocenters. The van der Waals surface area contributed by atoms with Gasteiger partial charge >= 0.3 is 6.03 Å². The number of fused-ring (bicyclic) bond motifs is 4. The van der Waals surface area contributed by atoms with E-state index in [1.807, 2.05) is 66.7 Å². The summed E-state index contributed by atoms with van der Waals surface area (Å²) < 4.78 is 31.4. The van der Waals surface area contributed by atoms with Crippen LogP contribution >= 0.6 is 11.8 Å². The van der Waals surface area contributed by atoms with Crippen LogP contribution in [0.5, 0.6) is 17.2 Å². The summed E-state index contributed by atoms with van der Waals surface area (Å²) in [6.45, 7) is 15.3. The summed E-state index contributed by atoms with van der Waals surface area (Å²) in [5.41, 5.74) is 5.07. The van der Waals surface area contributed by atoms with Crippen LogP contribution in [0.2, 0.25) is 0 Å². The van der Waals surface area contributed by atoms with Crippen LogP contribution in [0.1, 0.15) is 123 Å². The van der Waals surface area contributed by atoms with Gasteiger partial charge in [0.2, 0.25) is 11.8 Å². The van der Waals surface area contributed by atoms with E-state index in [4.69, 9.17) is 28.8 Å². The van der Waals surface area contributed by atoms with Crippen molar-refractivity contribution in [2.75, 3.05) is 77.0 Å². The molecule has 2 saturated heterocycles. The molecule has 16 nitrogen and oxygen atoms in total. The van der Waals surface area contributed by atoms with E-state index in [1.165, 1.54) is 25.7 Å². The molecule has 2 fully saturated rings. The van der Waals surface area contributed by atoms with Crippen LogP contribution in [0.4, 0.5) is 16.3 Å². The van der Waals surface area contributed by atoms with Crippen LogP contribution in [0.25, 0.3) is 11.3 Å². The van der Waals surface area contributed by atoms with Crippen LogP contribution in [-0.4, -0.2) is 122 Å². The van der Waals surface area contributed by atoms with Crippen molar-refractivity contribution in [1.29, 1.82) is 0 Å². The lowest BCUT2D eigenvalue weighted by atomic mass is 10.0. The minimum atomic E-state index is -0.0700. The molecule has 1 aromatic heterocycles. The average molecular weight is 980 g/mol. The molecule has 17 heteroatoms. The monoisotopic (exact) mass is 980 g/mol. The van der Waals surface area contributed by atoms with Gasteiger partial charge in [0.1, 0.15) is 5.75 Å². The Morgan fingerprint density at radius 3 is 2.36 bits per heavy atom. The molecule has 6 N–H and O–H groups in total. The highest BCUT2D eigenvalue weighted by Gasteiger charge is 2.42. The number of rotatable bonds is 33. The number of urea groups is 1. The van der Waals surface area contributed by atoms with Crippen LogP contribution in [0.15, 0.2) is 36.4 Å². The molecule has 3 heterocycles. The largest absolute Gasteiger partial charge is 0.494 e. The normalized spacial score (nSPS) is 16.8. The summed E-state index contributed by atoms with van der Waals surface area (Å²) in [5.74, 6) is 4.76. The first kappa shape index (κ1) is 55.2. The number of anilines is 2. The van der Waals surface area contributed by atoms with E-state index in [0.717, 1.165) is 77.0 Å². The molecule has 2 aliphatic heterocycles. The van der Waals surface area contributed by atoms with Crippen LogP contribution in [-0.2, 0) is 32.0 Å². The fourth-order valence-electron chi connectivity index (χ4n) is 8.57. The lowest BCUT2D eigenvalue weighted by Gasteiger charge is -2.16. The average Bonchev–Trinajstić information content (AvgIpc) is 4.10. The highest BCUT2D eigenvalue weighted by molar-refractivity contribution is 8.00. The smallest absolute Gasteiger partial charge is 0.315 e. The van der Waals surface area contributed by atoms with E-state index < -0.39 is 0 Å². The SMILES string of the molecule is CCCCC(C)CC.CCOc1cccc(Nc2nn(CCOCCOCCNC(=O)CCCCNC(=O)CCCCC3SCC4NC(=O)NC43)c3c2Cc2cc(OCC)c(OCCCO)cc2-3)c1. The predicted molar refractivity (Wildman–Crippen MR) is 274 cm³/mol. The van der Waals surface area contributed by atoms with E-state index in [9.17, 15) is 19.5 Å². The zero-order valence-electron chi connectivity index (χ0n) is 42.0. The van der Waals surface area contributed by atoms with Crippen molar-refractivity contribution in [3.8, 4) is 28.5 Å². The molecule has 0 radical (unpaired) electrons. The Morgan fingerprint density at radius 2 is 1.61 bits per heavy atom. The Kier molecular flexibility index (Phi) is 24.6. The fourth-order valence-corrected chi connectivity index (χ4v) is 10.1. The summed E-state index contributed by atoms with van der Waals surface area (Å²) in [5, 5.41) is 30.1. The predicted octanol–water partition coefficient (Wildman–Crippen LogP) is 8.14. The van der Waals surface area contributed by atoms with Gasteiger partial charge in [0.25, 0.3) is 0 Å². The third kappa shape index (κ3) is 18.2. The highest BCUT2D eigenvalue weighted by Crippen LogP contribution is 2.46. The second kappa shape index (κ2) is 30.8. The number of carbonyl (C=O) groups is 3. The van der Waals surface area contributed by atoms with Crippen molar-refractivity contribution >= 4 is 41.1 Å². The minimum absolute atomic E-state index is 0.0333. The Labute approximate surface area is 414 Å². The lowest BCUT2D eigenvalue weighted by Crippen LogP contribution is -2.36. The summed E-state index contributed by atoms with van der Waals surface area (Å²) in [6.07, 6.45) is 11.8. The molecule has 384 valence electrons. The number of nitrogens with zero attached hydrogens (tertiary/aromatic N) is 2. The van der Waals surface area contributed by atoms with Crippen molar-refractivity contribution in [3.63, 3.8) is 0 Å². The number of ether oxygens (including phenoxy) is 5. The standard InChI is InChI=1S/C44H63N7O9S.C8H18/c1-3-58-32-12-9-11-31(27-32)47-43-34-25-30-26-36(59-4-2)37(60-20-10-19-52)28-33(30)42(34)51(50-43)18-22-57-24-23-56-21-17-46-40(54)15-7-8-16-45-39(53)14-6-5-13-38-41-35(29-61-38)48-44(55)49-41;1-4-6-7-8(3)5-2/h9,11-12,26-28,35,38,41,52H,3-8,10,13-25,29H2,1-2H3,(H,45,53)(H,46,54)(H,47,50)(H2,48,49,55);8H,4-7H2,1-3H3. The van der Waals surface area contributed by atoms with E-state index in [2.05, 4.69) is 47.4 Å². The second-order valence-electron chi connectivity index (χ2n) is 17.9. The molecular formula is C52H81N7O9S. The second-order valence-corrected chi connectivity index (χ2v) is 19.2. The maximum atomic E-state index is 12.3. The van der Waals surface area contributed by atoms with E-state index >= 15 is 0 Å². The van der Waals surface area contributed by atoms with Crippen LogP contribution in [0, 0.1) is 5.92 Å². The number of amides is 4. The van der Waals surface area contributed by atoms with Gasteiger partial charge in [0.15, 0.2) is 17.3 Å². The summed E-state index contributed by atoms with van der Waals surface area (Å²) >= 11 is 1.89. The molecule has 3 aromatic rings. The van der Waals surface area contributed by atoms with Gasteiger partial charge in [-0.15, -0.1) is 0 Å². The number of hydrogen-bond acceptors (Lipinski definition) is 12. The lowest BCUT2D eigenvalue weighted by molar-refractivity contribution is -0.121. The van der Waals surface area contributed by atoms with Gasteiger partial charge in [0.05, 0.1) is 70.6 Å². The molecule has 0 bridgehead atoms. The number of unbranched alkanes of at least 4 members (excludes halogenated alkanes) is 3. The fraction of sp³-hybridized carbons (Fsp3) is 0.654. The van der Waals surface area contributed by atoms with Crippen molar-refractivity contribution in [2.45, 2.75) is 142 Å². The number of nitrogens with one attached hydrogen (secondary N) is 5. The van der Waals surface area contributed by atoms with Crippen molar-refractivity contribution in [2.24, 2.45) is 5.92 Å². The van der Waals surface area contributed by atoms with Gasteiger partial charge in [-0.25, -0.2) is 4.79 Å². The number of hydrogen-bond donors (Lipinski definition) is 6. The zero-order chi connectivity index (χ0) is 49.2. The molecule has 1 aliphatic carbocycles. The van der Waals surface area contributed by atoms with Gasteiger partial charge in [-0.05, 0) is 75.3 Å². The van der Waals surface area contributed by atoms with Gasteiger partial charge in [-0.3, -0.25) is 14.3 Å². The number of carbonyl (C=O) groups excluding carboxylic acids is 3. The van der Waals surface area contributed by atoms with E-state index in [1.54, 1.807) is 0 Å². The van der Waals surface area contributed by atoms with Gasteiger partial charge < -0.3 is 55.4 Å². The number of benzene rings is 2. The maximum absolute atomic E-state index is 12.3. The Hall–Kier alpha value is -4.71. The van der Waals surface area contributed by atoms with Crippen molar-refractivity contribution in [1.82, 2.24) is 31.0 Å². The minimum Gasteiger partial charge on any atom is -0.494 e. The zero-order valence-corrected chi connectivity index (χ0v) is 42.8. The molecular weight excluding hydrogens is 899 g/mol. The van der Waals surface area contributed by atoms with Crippen molar-refractivity contribution < 1.29 is 43.2 Å². The summed E-state index contributed by atoms with van der Waals surface area (Å²) in [4.78, 5) is 36.1. The van der Waals surface area contributed by atoms with Gasteiger partial charge in [0, 0.05) is 79.3 Å². The number of aromatic nitrogens is 2. The van der Waals surface area contributed by atoms with Crippen LogP contribution < -0.4 is 40.8 Å². The molecule has 4 unspecified atom stereocenters. The van der Waals surface area contributed by atoms with Crippen molar-refractivity contribution in [3.05, 3.63) is 47.5 Å². The number of thioether (sulfide) groups is 1. The van der Waals surface area contributed by atoms with E-state index in [0.29, 0.717) is 115 Å². The Morgan fingerprint density at radius 1 is 0.855 bits per heavy atom. The first-order chi connectivity index (χ1) is 33.7. The molecule has 6 rings (SSSR count). The summed E-state index contributed by atoms with van der Waals surface area (Å²) in [7, 11) is 0. The Balaban J connectivity index is 0.00000102. The molecule has 4 amide bonds. The van der Waals surface area contributed by atoms with E-state index in [-0.39, 0.29) is 36.5 Å². The molecule has 0 saturated carbocycles. The topological polar surface area (TPSA) is 196 Å². The molecule has 69 heavy (non-hydrogen) atoms.